The van der Waals surface area contributed by atoms with E-state index >= 15 is 0 Å². The van der Waals surface area contributed by atoms with E-state index in [2.05, 4.69) is 44.2 Å². The van der Waals surface area contributed by atoms with E-state index in [1.807, 2.05) is 11.3 Å². The third kappa shape index (κ3) is 2.46. The summed E-state index contributed by atoms with van der Waals surface area (Å²) < 4.78 is 1.44. The topological polar surface area (TPSA) is 0 Å². The van der Waals surface area contributed by atoms with Crippen molar-refractivity contribution in [3.05, 3.63) is 35.2 Å². The first kappa shape index (κ1) is 11.7. The second kappa shape index (κ2) is 5.49. The van der Waals surface area contributed by atoms with Gasteiger partial charge in [0.1, 0.15) is 0 Å². The Morgan fingerprint density at radius 1 is 1.19 bits per heavy atom. The van der Waals surface area contributed by atoms with E-state index in [0.29, 0.717) is 0 Å². The van der Waals surface area contributed by atoms with Gasteiger partial charge in [-0.3, -0.25) is 0 Å². The van der Waals surface area contributed by atoms with Gasteiger partial charge in [-0.25, -0.2) is 0 Å². The lowest BCUT2D eigenvalue weighted by molar-refractivity contribution is 0.577. The Morgan fingerprint density at radius 2 is 2.00 bits per heavy atom. The molecule has 1 heteroatoms. The van der Waals surface area contributed by atoms with Gasteiger partial charge in [0, 0.05) is 9.58 Å². The molecule has 1 aromatic heterocycles. The Labute approximate surface area is 102 Å². The molecule has 0 fully saturated rings. The van der Waals surface area contributed by atoms with Crippen molar-refractivity contribution < 1.29 is 0 Å². The highest BCUT2D eigenvalue weighted by atomic mass is 32.1. The fourth-order valence-electron chi connectivity index (χ4n) is 2.20. The number of rotatable bonds is 5. The molecule has 1 unspecified atom stereocenters. The lowest BCUT2D eigenvalue weighted by atomic mass is 9.97. The molecule has 86 valence electrons. The number of unbranched alkanes of at least 4 members (excludes halogenated alkanes) is 1. The van der Waals surface area contributed by atoms with E-state index < -0.39 is 0 Å². The van der Waals surface area contributed by atoms with Crippen molar-refractivity contribution in [2.45, 2.75) is 45.4 Å². The van der Waals surface area contributed by atoms with Gasteiger partial charge in [0.2, 0.25) is 0 Å². The number of hydrogen-bond acceptors (Lipinski definition) is 1. The number of benzene rings is 1. The molecule has 0 nitrogen and oxygen atoms in total. The maximum Gasteiger partial charge on any atom is 0.0345 e. The largest absolute Gasteiger partial charge is 0.140 e. The highest BCUT2D eigenvalue weighted by Crippen LogP contribution is 2.34. The quantitative estimate of drug-likeness (QED) is 0.631. The van der Waals surface area contributed by atoms with E-state index in [1.165, 1.54) is 35.8 Å². The van der Waals surface area contributed by atoms with Crippen LogP contribution in [0.2, 0.25) is 0 Å². The molecule has 0 saturated carbocycles. The lowest BCUT2D eigenvalue weighted by Crippen LogP contribution is -1.93. The van der Waals surface area contributed by atoms with Gasteiger partial charge in [0.15, 0.2) is 0 Å². The first-order valence-corrected chi connectivity index (χ1v) is 7.15. The third-order valence-electron chi connectivity index (χ3n) is 3.25. The molecule has 2 rings (SSSR count). The number of thiophene rings is 1. The second-order valence-corrected chi connectivity index (χ2v) is 5.55. The van der Waals surface area contributed by atoms with E-state index in [1.54, 1.807) is 4.88 Å². The molecule has 0 aliphatic carbocycles. The Bertz CT molecular complexity index is 408. The first-order valence-electron chi connectivity index (χ1n) is 6.33. The summed E-state index contributed by atoms with van der Waals surface area (Å²) in [6.07, 6.45) is 5.28. The lowest BCUT2D eigenvalue weighted by Gasteiger charge is -2.11. The van der Waals surface area contributed by atoms with Crippen molar-refractivity contribution in [3.63, 3.8) is 0 Å². The van der Waals surface area contributed by atoms with Gasteiger partial charge >= 0.3 is 0 Å². The summed E-state index contributed by atoms with van der Waals surface area (Å²) in [6, 6.07) is 11.1. The molecule has 0 N–H and O–H groups in total. The minimum Gasteiger partial charge on any atom is -0.140 e. The third-order valence-corrected chi connectivity index (χ3v) is 4.52. The van der Waals surface area contributed by atoms with Crippen molar-refractivity contribution >= 4 is 21.4 Å². The summed E-state index contributed by atoms with van der Waals surface area (Å²) in [6.45, 7) is 4.59. The van der Waals surface area contributed by atoms with Gasteiger partial charge in [-0.1, -0.05) is 44.9 Å². The molecule has 0 aliphatic heterocycles. The monoisotopic (exact) mass is 232 g/mol. The van der Waals surface area contributed by atoms with Crippen LogP contribution in [0.3, 0.4) is 0 Å². The van der Waals surface area contributed by atoms with Crippen LogP contribution in [-0.4, -0.2) is 0 Å². The average Bonchev–Trinajstić information content (AvgIpc) is 2.73. The van der Waals surface area contributed by atoms with E-state index in [0.717, 1.165) is 5.92 Å². The molecule has 1 atom stereocenters. The maximum absolute atomic E-state index is 2.39. The molecule has 0 amide bonds. The SMILES string of the molecule is CCCCC(CC)c1cc2ccccc2s1. The fraction of sp³-hybridized carbons (Fsp3) is 0.467. The van der Waals surface area contributed by atoms with E-state index in [-0.39, 0.29) is 0 Å². The Morgan fingerprint density at radius 3 is 2.69 bits per heavy atom. The van der Waals surface area contributed by atoms with Crippen molar-refractivity contribution in [1.29, 1.82) is 0 Å². The minimum absolute atomic E-state index is 0.775. The Kier molecular flexibility index (Phi) is 4.00. The van der Waals surface area contributed by atoms with Crippen LogP contribution in [0.25, 0.3) is 10.1 Å². The van der Waals surface area contributed by atoms with Gasteiger partial charge in [0.05, 0.1) is 0 Å². The molecule has 0 radical (unpaired) electrons. The highest BCUT2D eigenvalue weighted by Gasteiger charge is 2.11. The van der Waals surface area contributed by atoms with Gasteiger partial charge in [-0.05, 0) is 36.3 Å². The van der Waals surface area contributed by atoms with Crippen LogP contribution in [0.15, 0.2) is 30.3 Å². The standard InChI is InChI=1S/C15H20S/c1-3-5-8-12(4-2)15-11-13-9-6-7-10-14(13)16-15/h6-7,9-12H,3-5,8H2,1-2H3. The van der Waals surface area contributed by atoms with Crippen LogP contribution in [0.1, 0.15) is 50.3 Å². The van der Waals surface area contributed by atoms with Crippen LogP contribution in [0.4, 0.5) is 0 Å². The van der Waals surface area contributed by atoms with Gasteiger partial charge in [-0.15, -0.1) is 11.3 Å². The molecule has 0 spiro atoms. The highest BCUT2D eigenvalue weighted by molar-refractivity contribution is 7.19. The Balaban J connectivity index is 2.23. The smallest absolute Gasteiger partial charge is 0.0345 e. The van der Waals surface area contributed by atoms with Crippen LogP contribution in [0.5, 0.6) is 0 Å². The molecule has 1 aromatic carbocycles. The van der Waals surface area contributed by atoms with Crippen molar-refractivity contribution in [3.8, 4) is 0 Å². The molecule has 1 heterocycles. The van der Waals surface area contributed by atoms with Crippen LogP contribution in [0, 0.1) is 0 Å². The summed E-state index contributed by atoms with van der Waals surface area (Å²) in [7, 11) is 0. The van der Waals surface area contributed by atoms with Crippen molar-refractivity contribution in [2.75, 3.05) is 0 Å². The van der Waals surface area contributed by atoms with E-state index in [9.17, 15) is 0 Å². The van der Waals surface area contributed by atoms with Gasteiger partial charge in [-0.2, -0.15) is 0 Å². The predicted octanol–water partition coefficient (Wildman–Crippen LogP) is 5.59. The average molecular weight is 232 g/mol. The molecule has 16 heavy (non-hydrogen) atoms. The zero-order valence-corrected chi connectivity index (χ0v) is 11.0. The maximum atomic E-state index is 2.39. The Hall–Kier alpha value is -0.820. The fourth-order valence-corrected chi connectivity index (χ4v) is 3.48. The predicted molar refractivity (Wildman–Crippen MR) is 74.4 cm³/mol. The molecular formula is C15H20S. The van der Waals surface area contributed by atoms with E-state index in [4.69, 9.17) is 0 Å². The normalized spacial score (nSPS) is 13.1. The second-order valence-electron chi connectivity index (χ2n) is 4.43. The van der Waals surface area contributed by atoms with Gasteiger partial charge < -0.3 is 0 Å². The van der Waals surface area contributed by atoms with Crippen LogP contribution < -0.4 is 0 Å². The summed E-state index contributed by atoms with van der Waals surface area (Å²) >= 11 is 1.98. The molecule has 0 bridgehead atoms. The van der Waals surface area contributed by atoms with Crippen molar-refractivity contribution in [1.82, 2.24) is 0 Å². The molecule has 2 aromatic rings. The summed E-state index contributed by atoms with van der Waals surface area (Å²) in [4.78, 5) is 1.58. The minimum atomic E-state index is 0.775. The summed E-state index contributed by atoms with van der Waals surface area (Å²) in [5, 5.41) is 1.41. The molecular weight excluding hydrogens is 212 g/mol. The zero-order chi connectivity index (χ0) is 11.4. The number of fused-ring (bicyclic) bond motifs is 1. The molecule has 0 saturated heterocycles. The van der Waals surface area contributed by atoms with Crippen LogP contribution >= 0.6 is 11.3 Å². The summed E-state index contributed by atoms with van der Waals surface area (Å²) in [5.41, 5.74) is 0. The van der Waals surface area contributed by atoms with Gasteiger partial charge in [0.25, 0.3) is 0 Å². The van der Waals surface area contributed by atoms with Crippen molar-refractivity contribution in [2.24, 2.45) is 0 Å². The summed E-state index contributed by atoms with van der Waals surface area (Å²) in [5.74, 6) is 0.775. The van der Waals surface area contributed by atoms with Crippen LogP contribution in [-0.2, 0) is 0 Å². The molecule has 0 aliphatic rings. The zero-order valence-electron chi connectivity index (χ0n) is 10.2. The first-order chi connectivity index (χ1) is 7.85. The number of hydrogen-bond donors (Lipinski definition) is 0.